The highest BCUT2D eigenvalue weighted by atomic mass is 19.1. The predicted octanol–water partition coefficient (Wildman–Crippen LogP) is 2.04. The number of halogens is 1. The number of rotatable bonds is 5. The van der Waals surface area contributed by atoms with E-state index in [0.29, 0.717) is 16.9 Å². The van der Waals surface area contributed by atoms with Crippen molar-refractivity contribution in [2.45, 2.75) is 6.42 Å². The van der Waals surface area contributed by atoms with Gasteiger partial charge in [0.2, 0.25) is 0 Å². The lowest BCUT2D eigenvalue weighted by atomic mass is 10.1. The van der Waals surface area contributed by atoms with Gasteiger partial charge in [-0.1, -0.05) is 12.1 Å². The maximum absolute atomic E-state index is 14.2. The van der Waals surface area contributed by atoms with Crippen molar-refractivity contribution in [3.63, 3.8) is 0 Å². The molecule has 4 rings (SSSR count). The predicted molar refractivity (Wildman–Crippen MR) is 98.7 cm³/mol. The Morgan fingerprint density at radius 3 is 2.65 bits per heavy atom. The largest absolute Gasteiger partial charge is 0.396 e. The van der Waals surface area contributed by atoms with Crippen molar-refractivity contribution in [2.24, 2.45) is 0 Å². The molecule has 1 fully saturated rings. The standard InChI is InChI=1S/C19H22FN5O/c20-16-5-2-1-4-15(16)17-14-19(25-18(22-17)6-7-21-25)24-11-9-23(10-12-24)8-3-13-26/h1-2,4-7,14,26H,3,8-13H2. The minimum atomic E-state index is -0.274. The van der Waals surface area contributed by atoms with Crippen molar-refractivity contribution in [2.75, 3.05) is 44.2 Å². The van der Waals surface area contributed by atoms with Crippen LogP contribution in [-0.2, 0) is 0 Å². The zero-order valence-electron chi connectivity index (χ0n) is 14.6. The van der Waals surface area contributed by atoms with E-state index >= 15 is 0 Å². The zero-order chi connectivity index (χ0) is 17.9. The molecule has 26 heavy (non-hydrogen) atoms. The van der Waals surface area contributed by atoms with Crippen molar-refractivity contribution in [3.05, 3.63) is 48.4 Å². The van der Waals surface area contributed by atoms with Gasteiger partial charge in [0.15, 0.2) is 5.65 Å². The third kappa shape index (κ3) is 3.27. The van der Waals surface area contributed by atoms with E-state index in [-0.39, 0.29) is 12.4 Å². The zero-order valence-corrected chi connectivity index (χ0v) is 14.6. The summed E-state index contributed by atoms with van der Waals surface area (Å²) in [5, 5.41) is 13.4. The number of hydrogen-bond donors (Lipinski definition) is 1. The summed E-state index contributed by atoms with van der Waals surface area (Å²) in [4.78, 5) is 9.19. The minimum absolute atomic E-state index is 0.227. The molecule has 7 heteroatoms. The summed E-state index contributed by atoms with van der Waals surface area (Å²) >= 11 is 0. The quantitative estimate of drug-likeness (QED) is 0.759. The van der Waals surface area contributed by atoms with Crippen LogP contribution in [-0.4, -0.2) is 63.9 Å². The first-order valence-electron chi connectivity index (χ1n) is 8.94. The second kappa shape index (κ2) is 7.39. The van der Waals surface area contributed by atoms with E-state index in [4.69, 9.17) is 5.11 Å². The number of aliphatic hydroxyl groups excluding tert-OH is 1. The smallest absolute Gasteiger partial charge is 0.157 e. The number of aliphatic hydroxyl groups is 1. The van der Waals surface area contributed by atoms with Crippen LogP contribution in [0.3, 0.4) is 0 Å². The number of hydrogen-bond acceptors (Lipinski definition) is 5. The molecule has 0 bridgehead atoms. The molecule has 1 aliphatic heterocycles. The molecular weight excluding hydrogens is 333 g/mol. The molecule has 0 aliphatic carbocycles. The molecule has 0 radical (unpaired) electrons. The van der Waals surface area contributed by atoms with Gasteiger partial charge >= 0.3 is 0 Å². The molecule has 3 heterocycles. The van der Waals surface area contributed by atoms with Crippen molar-refractivity contribution in [1.29, 1.82) is 0 Å². The molecule has 0 unspecified atom stereocenters. The van der Waals surface area contributed by atoms with Gasteiger partial charge in [-0.25, -0.2) is 9.37 Å². The van der Waals surface area contributed by atoms with Crippen molar-refractivity contribution >= 4 is 11.5 Å². The summed E-state index contributed by atoms with van der Waals surface area (Å²) in [6.45, 7) is 4.73. The average Bonchev–Trinajstić information content (AvgIpc) is 3.15. The number of nitrogens with zero attached hydrogens (tertiary/aromatic N) is 5. The number of anilines is 1. The maximum atomic E-state index is 14.2. The molecule has 2 aromatic heterocycles. The Hall–Kier alpha value is -2.51. The molecule has 3 aromatic rings. The fraction of sp³-hybridized carbons (Fsp3) is 0.368. The highest BCUT2D eigenvalue weighted by molar-refractivity contribution is 5.67. The van der Waals surface area contributed by atoms with E-state index in [9.17, 15) is 4.39 Å². The van der Waals surface area contributed by atoms with Crippen LogP contribution in [0.15, 0.2) is 42.6 Å². The van der Waals surface area contributed by atoms with Gasteiger partial charge in [0.05, 0.1) is 11.9 Å². The fourth-order valence-electron chi connectivity index (χ4n) is 3.42. The van der Waals surface area contributed by atoms with E-state index < -0.39 is 0 Å². The number of aromatic nitrogens is 3. The Morgan fingerprint density at radius 2 is 1.88 bits per heavy atom. The van der Waals surface area contributed by atoms with E-state index in [1.54, 1.807) is 18.3 Å². The van der Waals surface area contributed by atoms with E-state index in [0.717, 1.165) is 45.0 Å². The molecule has 0 saturated carbocycles. The number of benzene rings is 1. The summed E-state index contributed by atoms with van der Waals surface area (Å²) in [6, 6.07) is 10.5. The third-order valence-electron chi connectivity index (χ3n) is 4.82. The maximum Gasteiger partial charge on any atom is 0.157 e. The van der Waals surface area contributed by atoms with Crippen LogP contribution >= 0.6 is 0 Å². The van der Waals surface area contributed by atoms with Gasteiger partial charge in [0, 0.05) is 57.0 Å². The molecule has 0 atom stereocenters. The Bertz CT molecular complexity index is 889. The first-order chi connectivity index (χ1) is 12.8. The molecule has 0 spiro atoms. The van der Waals surface area contributed by atoms with E-state index in [1.165, 1.54) is 6.07 Å². The first-order valence-corrected chi connectivity index (χ1v) is 8.94. The summed E-state index contributed by atoms with van der Waals surface area (Å²) in [7, 11) is 0. The van der Waals surface area contributed by atoms with Crippen LogP contribution in [0.4, 0.5) is 10.2 Å². The molecule has 0 amide bonds. The van der Waals surface area contributed by atoms with Crippen LogP contribution in [0, 0.1) is 5.82 Å². The van der Waals surface area contributed by atoms with Crippen LogP contribution in [0.2, 0.25) is 0 Å². The lowest BCUT2D eigenvalue weighted by molar-refractivity contribution is 0.215. The SMILES string of the molecule is OCCCN1CCN(c2cc(-c3ccccc3F)nc3ccnn23)CC1. The van der Waals surface area contributed by atoms with Gasteiger partial charge in [0.25, 0.3) is 0 Å². The molecule has 1 aromatic carbocycles. The number of piperazine rings is 1. The van der Waals surface area contributed by atoms with Gasteiger partial charge in [-0.3, -0.25) is 4.90 Å². The van der Waals surface area contributed by atoms with Gasteiger partial charge in [-0.2, -0.15) is 9.61 Å². The Labute approximate surface area is 151 Å². The van der Waals surface area contributed by atoms with Gasteiger partial charge in [-0.15, -0.1) is 0 Å². The first kappa shape index (κ1) is 16.9. The van der Waals surface area contributed by atoms with Crippen molar-refractivity contribution in [1.82, 2.24) is 19.5 Å². The normalized spacial score (nSPS) is 15.7. The van der Waals surface area contributed by atoms with Crippen LogP contribution in [0.5, 0.6) is 0 Å². The van der Waals surface area contributed by atoms with Crippen LogP contribution < -0.4 is 4.90 Å². The van der Waals surface area contributed by atoms with Crippen molar-refractivity contribution < 1.29 is 9.50 Å². The third-order valence-corrected chi connectivity index (χ3v) is 4.82. The minimum Gasteiger partial charge on any atom is -0.396 e. The second-order valence-corrected chi connectivity index (χ2v) is 6.49. The van der Waals surface area contributed by atoms with E-state index in [1.807, 2.05) is 22.7 Å². The fourth-order valence-corrected chi connectivity index (χ4v) is 3.42. The highest BCUT2D eigenvalue weighted by Crippen LogP contribution is 2.27. The molecule has 136 valence electrons. The summed E-state index contributed by atoms with van der Waals surface area (Å²) in [5.41, 5.74) is 1.83. The monoisotopic (exact) mass is 355 g/mol. The van der Waals surface area contributed by atoms with Crippen molar-refractivity contribution in [3.8, 4) is 11.3 Å². The number of fused-ring (bicyclic) bond motifs is 1. The topological polar surface area (TPSA) is 56.9 Å². The lowest BCUT2D eigenvalue weighted by Gasteiger charge is -2.36. The van der Waals surface area contributed by atoms with E-state index in [2.05, 4.69) is 19.9 Å². The Balaban J connectivity index is 1.65. The molecule has 1 N–H and O–H groups in total. The van der Waals surface area contributed by atoms with Crippen LogP contribution in [0.25, 0.3) is 16.9 Å². The average molecular weight is 355 g/mol. The highest BCUT2D eigenvalue weighted by Gasteiger charge is 2.21. The molecular formula is C19H22FN5O. The lowest BCUT2D eigenvalue weighted by Crippen LogP contribution is -2.47. The molecule has 1 aliphatic rings. The van der Waals surface area contributed by atoms with Gasteiger partial charge in [-0.05, 0) is 18.6 Å². The summed E-state index contributed by atoms with van der Waals surface area (Å²) in [5.74, 6) is 0.656. The second-order valence-electron chi connectivity index (χ2n) is 6.49. The molecule has 1 saturated heterocycles. The molecule has 6 nitrogen and oxygen atoms in total. The van der Waals surface area contributed by atoms with Gasteiger partial charge in [0.1, 0.15) is 11.6 Å². The Morgan fingerprint density at radius 1 is 1.08 bits per heavy atom. The Kier molecular flexibility index (Phi) is 4.81. The summed E-state index contributed by atoms with van der Waals surface area (Å²) in [6.07, 6.45) is 2.52. The summed E-state index contributed by atoms with van der Waals surface area (Å²) < 4.78 is 16.1. The van der Waals surface area contributed by atoms with Crippen LogP contribution in [0.1, 0.15) is 6.42 Å². The van der Waals surface area contributed by atoms with Gasteiger partial charge < -0.3 is 10.0 Å².